The number of anilines is 1. The lowest BCUT2D eigenvalue weighted by atomic mass is 10.2. The first kappa shape index (κ1) is 13.8. The smallest absolute Gasteiger partial charge is 0.271 e. The minimum atomic E-state index is -0.458. The molecular formula is C14H14FN3O2. The molecule has 1 heterocycles. The van der Waals surface area contributed by atoms with Gasteiger partial charge in [0.25, 0.3) is 5.91 Å². The molecule has 0 saturated carbocycles. The summed E-state index contributed by atoms with van der Waals surface area (Å²) in [4.78, 5) is 23.1. The van der Waals surface area contributed by atoms with Crippen molar-refractivity contribution in [1.82, 2.24) is 9.99 Å². The van der Waals surface area contributed by atoms with Crippen LogP contribution < -0.4 is 16.4 Å². The van der Waals surface area contributed by atoms with E-state index >= 15 is 0 Å². The van der Waals surface area contributed by atoms with Crippen molar-refractivity contribution in [2.45, 2.75) is 6.92 Å². The van der Waals surface area contributed by atoms with E-state index in [4.69, 9.17) is 0 Å². The number of nitrogens with one attached hydrogen (secondary N) is 2. The molecule has 0 radical (unpaired) electrons. The maximum atomic E-state index is 13.6. The Kier molecular flexibility index (Phi) is 3.84. The van der Waals surface area contributed by atoms with Gasteiger partial charge in [-0.3, -0.25) is 20.4 Å². The van der Waals surface area contributed by atoms with Crippen LogP contribution in [0.2, 0.25) is 0 Å². The van der Waals surface area contributed by atoms with E-state index in [1.807, 2.05) is 0 Å². The van der Waals surface area contributed by atoms with Crippen molar-refractivity contribution in [3.63, 3.8) is 0 Å². The molecule has 104 valence electrons. The Morgan fingerprint density at radius 3 is 2.65 bits per heavy atom. The maximum Gasteiger partial charge on any atom is 0.271 e. The first-order valence-electron chi connectivity index (χ1n) is 5.96. The van der Waals surface area contributed by atoms with Crippen LogP contribution in [0.3, 0.4) is 0 Å². The third-order valence-corrected chi connectivity index (χ3v) is 2.78. The number of hydrogen-bond acceptors (Lipinski definition) is 3. The van der Waals surface area contributed by atoms with E-state index in [9.17, 15) is 14.0 Å². The van der Waals surface area contributed by atoms with Gasteiger partial charge in [0.2, 0.25) is 5.56 Å². The monoisotopic (exact) mass is 275 g/mol. The molecular weight excluding hydrogens is 261 g/mol. The molecule has 2 aromatic rings. The Morgan fingerprint density at radius 1 is 1.25 bits per heavy atom. The second-order valence-electron chi connectivity index (χ2n) is 4.43. The minimum Gasteiger partial charge on any atom is -0.318 e. The van der Waals surface area contributed by atoms with Crippen LogP contribution >= 0.6 is 0 Å². The third-order valence-electron chi connectivity index (χ3n) is 2.78. The molecule has 2 rings (SSSR count). The number of nitrogens with zero attached hydrogens (tertiary/aromatic N) is 1. The molecule has 5 nitrogen and oxygen atoms in total. The molecule has 0 spiro atoms. The van der Waals surface area contributed by atoms with Crippen molar-refractivity contribution in [3.8, 4) is 0 Å². The quantitative estimate of drug-likeness (QED) is 0.836. The van der Waals surface area contributed by atoms with Crippen molar-refractivity contribution in [3.05, 3.63) is 63.8 Å². The molecule has 1 aromatic carbocycles. The molecule has 0 aliphatic rings. The summed E-state index contributed by atoms with van der Waals surface area (Å²) < 4.78 is 14.9. The van der Waals surface area contributed by atoms with Gasteiger partial charge in [-0.1, -0.05) is 6.07 Å². The van der Waals surface area contributed by atoms with E-state index in [1.54, 1.807) is 20.0 Å². The first-order chi connectivity index (χ1) is 9.47. The van der Waals surface area contributed by atoms with Crippen LogP contribution in [0.4, 0.5) is 10.1 Å². The lowest BCUT2D eigenvalue weighted by molar-refractivity contribution is 0.0962. The van der Waals surface area contributed by atoms with Crippen molar-refractivity contribution < 1.29 is 9.18 Å². The Balaban J connectivity index is 2.08. The maximum absolute atomic E-state index is 13.6. The van der Waals surface area contributed by atoms with Gasteiger partial charge in [0.15, 0.2) is 0 Å². The summed E-state index contributed by atoms with van der Waals surface area (Å²) >= 11 is 0. The summed E-state index contributed by atoms with van der Waals surface area (Å²) in [5.74, 6) is -0.911. The number of benzene rings is 1. The van der Waals surface area contributed by atoms with Crippen LogP contribution in [0.1, 0.15) is 15.9 Å². The van der Waals surface area contributed by atoms with Gasteiger partial charge in [0, 0.05) is 19.3 Å². The molecule has 0 atom stereocenters. The Hall–Kier alpha value is -2.63. The number of hydrazine groups is 1. The fourth-order valence-electron chi connectivity index (χ4n) is 1.65. The standard InChI is InChI=1S/C14H14FN3O2/c1-9-3-5-12(11(15)7-9)16-17-14(20)10-4-6-13(19)18(2)8-10/h3-8,16H,1-2H3,(H,17,20). The lowest BCUT2D eigenvalue weighted by Gasteiger charge is -2.10. The van der Waals surface area contributed by atoms with Gasteiger partial charge in [-0.05, 0) is 30.7 Å². The van der Waals surface area contributed by atoms with Crippen LogP contribution in [-0.2, 0) is 7.05 Å². The lowest BCUT2D eigenvalue weighted by Crippen LogP contribution is -2.31. The fraction of sp³-hybridized carbons (Fsp3) is 0.143. The number of carbonyl (C=O) groups excluding carboxylic acids is 1. The molecule has 0 aliphatic heterocycles. The molecule has 20 heavy (non-hydrogen) atoms. The highest BCUT2D eigenvalue weighted by Crippen LogP contribution is 2.14. The van der Waals surface area contributed by atoms with Crippen molar-refractivity contribution in [1.29, 1.82) is 0 Å². The summed E-state index contributed by atoms with van der Waals surface area (Å²) in [7, 11) is 1.55. The summed E-state index contributed by atoms with van der Waals surface area (Å²) in [5, 5.41) is 0. The first-order valence-corrected chi connectivity index (χ1v) is 5.96. The number of carbonyl (C=O) groups is 1. The number of halogens is 1. The summed E-state index contributed by atoms with van der Waals surface area (Å²) in [5.41, 5.74) is 5.94. The minimum absolute atomic E-state index is 0.175. The van der Waals surface area contributed by atoms with Gasteiger partial charge in [-0.15, -0.1) is 0 Å². The van der Waals surface area contributed by atoms with Gasteiger partial charge in [0.05, 0.1) is 11.3 Å². The van der Waals surface area contributed by atoms with Crippen molar-refractivity contribution >= 4 is 11.6 Å². The summed E-state index contributed by atoms with van der Waals surface area (Å²) in [6.07, 6.45) is 1.41. The van der Waals surface area contributed by atoms with Crippen LogP contribution in [0, 0.1) is 12.7 Å². The molecule has 0 saturated heterocycles. The predicted molar refractivity (Wildman–Crippen MR) is 73.9 cm³/mol. The Bertz CT molecular complexity index is 710. The van der Waals surface area contributed by atoms with Crippen molar-refractivity contribution in [2.24, 2.45) is 7.05 Å². The molecule has 0 fully saturated rings. The molecule has 0 bridgehead atoms. The molecule has 6 heteroatoms. The summed E-state index contributed by atoms with van der Waals surface area (Å²) in [6.45, 7) is 1.77. The van der Waals surface area contributed by atoms with Crippen molar-refractivity contribution in [2.75, 3.05) is 5.43 Å². The molecule has 0 unspecified atom stereocenters. The van der Waals surface area contributed by atoms with E-state index in [0.29, 0.717) is 5.56 Å². The van der Waals surface area contributed by atoms with E-state index in [-0.39, 0.29) is 11.2 Å². The van der Waals surface area contributed by atoms with Crippen LogP contribution in [-0.4, -0.2) is 10.5 Å². The van der Waals surface area contributed by atoms with E-state index < -0.39 is 11.7 Å². The second kappa shape index (κ2) is 5.56. The van der Waals surface area contributed by atoms with Gasteiger partial charge < -0.3 is 4.57 Å². The van der Waals surface area contributed by atoms with Crippen LogP contribution in [0.25, 0.3) is 0 Å². The highest BCUT2D eigenvalue weighted by Gasteiger charge is 2.07. The second-order valence-corrected chi connectivity index (χ2v) is 4.43. The largest absolute Gasteiger partial charge is 0.318 e. The number of aryl methyl sites for hydroxylation is 2. The Morgan fingerprint density at radius 2 is 2.00 bits per heavy atom. The molecule has 2 N–H and O–H groups in total. The van der Waals surface area contributed by atoms with Crippen LogP contribution in [0.15, 0.2) is 41.3 Å². The highest BCUT2D eigenvalue weighted by atomic mass is 19.1. The Labute approximate surface area is 115 Å². The zero-order valence-corrected chi connectivity index (χ0v) is 11.1. The van der Waals surface area contributed by atoms with Gasteiger partial charge in [-0.2, -0.15) is 0 Å². The SMILES string of the molecule is Cc1ccc(NNC(=O)c2ccc(=O)n(C)c2)c(F)c1. The zero-order valence-electron chi connectivity index (χ0n) is 11.1. The molecule has 1 amide bonds. The van der Waals surface area contributed by atoms with Gasteiger partial charge in [-0.25, -0.2) is 4.39 Å². The zero-order chi connectivity index (χ0) is 14.7. The summed E-state index contributed by atoms with van der Waals surface area (Å²) in [6, 6.07) is 7.32. The molecule has 0 aliphatic carbocycles. The number of aromatic nitrogens is 1. The van der Waals surface area contributed by atoms with E-state index in [0.717, 1.165) is 5.56 Å². The van der Waals surface area contributed by atoms with E-state index in [1.165, 1.54) is 35.0 Å². The molecule has 1 aromatic heterocycles. The normalized spacial score (nSPS) is 10.2. The number of pyridine rings is 1. The third kappa shape index (κ3) is 3.03. The number of rotatable bonds is 3. The van der Waals surface area contributed by atoms with Gasteiger partial charge >= 0.3 is 0 Å². The van der Waals surface area contributed by atoms with E-state index in [2.05, 4.69) is 10.9 Å². The predicted octanol–water partition coefficient (Wildman–Crippen LogP) is 1.59. The topological polar surface area (TPSA) is 63.1 Å². The average Bonchev–Trinajstić information content (AvgIpc) is 2.40. The number of hydrogen-bond donors (Lipinski definition) is 2. The average molecular weight is 275 g/mol. The highest BCUT2D eigenvalue weighted by molar-refractivity contribution is 5.94. The number of amides is 1. The fourth-order valence-corrected chi connectivity index (χ4v) is 1.65. The van der Waals surface area contributed by atoms with Crippen LogP contribution in [0.5, 0.6) is 0 Å². The van der Waals surface area contributed by atoms with Gasteiger partial charge in [0.1, 0.15) is 5.82 Å².